The molecule has 0 bridgehead atoms. The smallest absolute Gasteiger partial charge is 0.405 e. The van der Waals surface area contributed by atoms with Crippen LogP contribution in [0.15, 0.2) is 0 Å². The summed E-state index contributed by atoms with van der Waals surface area (Å²) < 4.78 is 14.1. The average molecular weight is 229 g/mol. The van der Waals surface area contributed by atoms with Gasteiger partial charge in [0, 0.05) is 5.92 Å². The molecule has 0 aromatic heterocycles. The van der Waals surface area contributed by atoms with Gasteiger partial charge >= 0.3 is 12.1 Å². The minimum atomic E-state index is -0.942. The maximum atomic E-state index is 11.0. The van der Waals surface area contributed by atoms with Gasteiger partial charge in [0.2, 0.25) is 6.29 Å². The number of hydrogen-bond donors (Lipinski definition) is 1. The van der Waals surface area contributed by atoms with Gasteiger partial charge in [-0.1, -0.05) is 6.92 Å². The van der Waals surface area contributed by atoms with E-state index in [2.05, 4.69) is 22.3 Å². The lowest BCUT2D eigenvalue weighted by molar-refractivity contribution is -0.167. The Bertz CT molecular complexity index is 291. The fourth-order valence-corrected chi connectivity index (χ4v) is 0.714. The topological polar surface area (TPSA) is 87.8 Å². The number of carbonyl (C=O) groups is 2. The van der Waals surface area contributed by atoms with Gasteiger partial charge in [-0.05, 0) is 19.3 Å². The first kappa shape index (κ1) is 14.3. The van der Waals surface area contributed by atoms with E-state index in [0.29, 0.717) is 6.61 Å². The molecule has 1 unspecified atom stereocenters. The van der Waals surface area contributed by atoms with Crippen molar-refractivity contribution in [1.29, 1.82) is 0 Å². The van der Waals surface area contributed by atoms with Gasteiger partial charge in [-0.2, -0.15) is 0 Å². The lowest BCUT2D eigenvalue weighted by atomic mass is 10.5. The molecule has 1 amide bonds. The van der Waals surface area contributed by atoms with Crippen LogP contribution in [0.25, 0.3) is 0 Å². The molecule has 2 N–H and O–H groups in total. The number of ether oxygens (including phenoxy) is 3. The standard InChI is InChI=1S/C10H15NO5/c1-3-6-14-8(2)16-9(12)5-4-7-15-10(11)13/h8H,3,6-7H2,1-2H3,(H2,11,13). The fraction of sp³-hybridized carbons (Fsp3) is 0.600. The van der Waals surface area contributed by atoms with Crippen LogP contribution in [-0.4, -0.2) is 31.6 Å². The highest BCUT2D eigenvalue weighted by atomic mass is 16.7. The van der Waals surface area contributed by atoms with Crippen LogP contribution in [0.3, 0.4) is 0 Å². The summed E-state index contributed by atoms with van der Waals surface area (Å²) in [5.41, 5.74) is 4.68. The van der Waals surface area contributed by atoms with Crippen LogP contribution in [0.1, 0.15) is 20.3 Å². The molecule has 0 rings (SSSR count). The Labute approximate surface area is 94.0 Å². The zero-order chi connectivity index (χ0) is 12.4. The zero-order valence-corrected chi connectivity index (χ0v) is 9.32. The first-order valence-corrected chi connectivity index (χ1v) is 4.79. The van der Waals surface area contributed by atoms with Crippen LogP contribution in [0.5, 0.6) is 0 Å². The minimum Gasteiger partial charge on any atom is -0.437 e. The van der Waals surface area contributed by atoms with Crippen molar-refractivity contribution in [3.05, 3.63) is 0 Å². The molecule has 1 atom stereocenters. The highest BCUT2D eigenvalue weighted by molar-refractivity contribution is 5.88. The van der Waals surface area contributed by atoms with E-state index in [0.717, 1.165) is 6.42 Å². The summed E-state index contributed by atoms with van der Waals surface area (Å²) in [7, 11) is 0. The number of rotatable bonds is 5. The van der Waals surface area contributed by atoms with Gasteiger partial charge in [-0.3, -0.25) is 0 Å². The van der Waals surface area contributed by atoms with E-state index in [9.17, 15) is 9.59 Å². The summed E-state index contributed by atoms with van der Waals surface area (Å²) >= 11 is 0. The van der Waals surface area contributed by atoms with E-state index < -0.39 is 18.4 Å². The highest BCUT2D eigenvalue weighted by Gasteiger charge is 2.05. The normalized spacial score (nSPS) is 10.9. The Morgan fingerprint density at radius 1 is 1.44 bits per heavy atom. The summed E-state index contributed by atoms with van der Waals surface area (Å²) in [5, 5.41) is 0. The molecule has 0 radical (unpaired) electrons. The van der Waals surface area contributed by atoms with Crippen molar-refractivity contribution in [3.8, 4) is 11.8 Å². The second-order valence-corrected chi connectivity index (χ2v) is 2.75. The Hall–Kier alpha value is -1.74. The van der Waals surface area contributed by atoms with E-state index in [1.54, 1.807) is 6.92 Å². The first-order chi connectivity index (χ1) is 7.56. The third kappa shape index (κ3) is 8.84. The maximum Gasteiger partial charge on any atom is 0.405 e. The molecule has 16 heavy (non-hydrogen) atoms. The van der Waals surface area contributed by atoms with E-state index in [1.807, 2.05) is 6.92 Å². The predicted molar refractivity (Wildman–Crippen MR) is 55.1 cm³/mol. The molecule has 0 saturated carbocycles. The molecule has 0 saturated heterocycles. The lowest BCUT2D eigenvalue weighted by Crippen LogP contribution is -2.17. The van der Waals surface area contributed by atoms with E-state index in [4.69, 9.17) is 9.47 Å². The van der Waals surface area contributed by atoms with Gasteiger partial charge in [0.25, 0.3) is 0 Å². The summed E-state index contributed by atoms with van der Waals surface area (Å²) in [6.07, 6.45) is -0.749. The largest absolute Gasteiger partial charge is 0.437 e. The number of nitrogens with two attached hydrogens (primary N) is 1. The Balaban J connectivity index is 3.75. The van der Waals surface area contributed by atoms with Gasteiger partial charge < -0.3 is 19.9 Å². The van der Waals surface area contributed by atoms with Crippen molar-refractivity contribution in [1.82, 2.24) is 0 Å². The van der Waals surface area contributed by atoms with Crippen LogP contribution >= 0.6 is 0 Å². The molecule has 6 nitrogen and oxygen atoms in total. The Morgan fingerprint density at radius 2 is 2.12 bits per heavy atom. The lowest BCUT2D eigenvalue weighted by Gasteiger charge is -2.10. The van der Waals surface area contributed by atoms with Crippen molar-refractivity contribution in [2.45, 2.75) is 26.6 Å². The molecule has 0 aliphatic heterocycles. The predicted octanol–water partition coefficient (Wildman–Crippen LogP) is 0.401. The van der Waals surface area contributed by atoms with Gasteiger partial charge in [-0.25, -0.2) is 9.59 Å². The SMILES string of the molecule is CCCOC(C)OC(=O)C#CCOC(N)=O. The molecule has 6 heteroatoms. The van der Waals surface area contributed by atoms with Gasteiger partial charge in [0.05, 0.1) is 6.61 Å². The zero-order valence-electron chi connectivity index (χ0n) is 9.32. The third-order valence-corrected chi connectivity index (χ3v) is 1.31. The first-order valence-electron chi connectivity index (χ1n) is 4.79. The molecule has 90 valence electrons. The molecule has 0 fully saturated rings. The third-order valence-electron chi connectivity index (χ3n) is 1.31. The summed E-state index contributed by atoms with van der Waals surface area (Å²) in [5.74, 6) is 3.66. The molecular formula is C10H15NO5. The molecular weight excluding hydrogens is 214 g/mol. The van der Waals surface area contributed by atoms with E-state index in [-0.39, 0.29) is 6.61 Å². The molecule has 0 aliphatic carbocycles. The molecule has 0 spiro atoms. The van der Waals surface area contributed by atoms with Gasteiger partial charge in [0.15, 0.2) is 6.61 Å². The second kappa shape index (κ2) is 8.56. The Kier molecular flexibility index (Phi) is 7.63. The molecule has 0 aromatic carbocycles. The minimum absolute atomic E-state index is 0.241. The van der Waals surface area contributed by atoms with Crippen LogP contribution in [0, 0.1) is 11.8 Å². The van der Waals surface area contributed by atoms with Crippen LogP contribution < -0.4 is 5.73 Å². The molecule has 0 heterocycles. The summed E-state index contributed by atoms with van der Waals surface area (Å²) in [6.45, 7) is 3.80. The fourth-order valence-electron chi connectivity index (χ4n) is 0.714. The number of esters is 1. The van der Waals surface area contributed by atoms with Crippen LogP contribution in [0.4, 0.5) is 4.79 Å². The number of amides is 1. The Morgan fingerprint density at radius 3 is 2.69 bits per heavy atom. The molecule has 0 aromatic rings. The monoisotopic (exact) mass is 229 g/mol. The summed E-state index contributed by atoms with van der Waals surface area (Å²) in [4.78, 5) is 21.1. The van der Waals surface area contributed by atoms with Crippen molar-refractivity contribution >= 4 is 12.1 Å². The van der Waals surface area contributed by atoms with E-state index >= 15 is 0 Å². The number of primary amides is 1. The number of hydrogen-bond acceptors (Lipinski definition) is 5. The van der Waals surface area contributed by atoms with Crippen LogP contribution in [-0.2, 0) is 19.0 Å². The summed E-state index contributed by atoms with van der Waals surface area (Å²) in [6, 6.07) is 0. The molecule has 0 aliphatic rings. The highest BCUT2D eigenvalue weighted by Crippen LogP contribution is 1.94. The van der Waals surface area contributed by atoms with Gasteiger partial charge in [-0.15, -0.1) is 0 Å². The van der Waals surface area contributed by atoms with Crippen LogP contribution in [0.2, 0.25) is 0 Å². The quantitative estimate of drug-likeness (QED) is 0.319. The van der Waals surface area contributed by atoms with Crippen molar-refractivity contribution in [2.75, 3.05) is 13.2 Å². The van der Waals surface area contributed by atoms with Crippen molar-refractivity contribution < 1.29 is 23.8 Å². The average Bonchev–Trinajstić information content (AvgIpc) is 2.21. The van der Waals surface area contributed by atoms with E-state index in [1.165, 1.54) is 0 Å². The van der Waals surface area contributed by atoms with Crippen molar-refractivity contribution in [2.24, 2.45) is 5.73 Å². The number of carbonyl (C=O) groups excluding carboxylic acids is 2. The second-order valence-electron chi connectivity index (χ2n) is 2.75. The van der Waals surface area contributed by atoms with Gasteiger partial charge in [0.1, 0.15) is 0 Å². The van der Waals surface area contributed by atoms with Crippen molar-refractivity contribution in [3.63, 3.8) is 0 Å². The maximum absolute atomic E-state index is 11.0.